The van der Waals surface area contributed by atoms with Crippen molar-refractivity contribution in [2.45, 2.75) is 11.7 Å². The van der Waals surface area contributed by atoms with Crippen molar-refractivity contribution in [1.82, 2.24) is 20.2 Å². The van der Waals surface area contributed by atoms with Crippen molar-refractivity contribution in [3.05, 3.63) is 50.2 Å². The van der Waals surface area contributed by atoms with E-state index < -0.39 is 0 Å². The standard InChI is InChI=1S/C14H12ClN5OS2/c1-22-14-18-12(21)11(19-20-14)9-4-2-3-5-10(9)16-6-8-7-17-13(15)23-8/h2-5,7,16H,6H2,1H3,(H,18,20,21). The quantitative estimate of drug-likeness (QED) is 0.675. The molecule has 2 heterocycles. The molecule has 2 aromatic heterocycles. The van der Waals surface area contributed by atoms with Gasteiger partial charge in [-0.05, 0) is 12.3 Å². The first-order chi connectivity index (χ1) is 11.2. The van der Waals surface area contributed by atoms with E-state index in [4.69, 9.17) is 11.6 Å². The molecule has 1 aromatic carbocycles. The number of halogens is 1. The number of aromatic amines is 1. The van der Waals surface area contributed by atoms with Gasteiger partial charge in [0.05, 0.1) is 6.54 Å². The molecule has 0 saturated carbocycles. The van der Waals surface area contributed by atoms with E-state index >= 15 is 0 Å². The minimum Gasteiger partial charge on any atom is -0.380 e. The normalized spacial score (nSPS) is 10.7. The van der Waals surface area contributed by atoms with Crippen molar-refractivity contribution in [3.63, 3.8) is 0 Å². The topological polar surface area (TPSA) is 83.6 Å². The SMILES string of the molecule is CSc1nnc(-c2ccccc2NCc2cnc(Cl)s2)c(=O)[nH]1. The predicted molar refractivity (Wildman–Crippen MR) is 94.3 cm³/mol. The second-order valence-electron chi connectivity index (χ2n) is 4.49. The summed E-state index contributed by atoms with van der Waals surface area (Å²) in [7, 11) is 0. The summed E-state index contributed by atoms with van der Waals surface area (Å²) in [5.74, 6) is 0. The maximum absolute atomic E-state index is 12.2. The van der Waals surface area contributed by atoms with Gasteiger partial charge in [0, 0.05) is 22.3 Å². The summed E-state index contributed by atoms with van der Waals surface area (Å²) in [4.78, 5) is 19.9. The van der Waals surface area contributed by atoms with Gasteiger partial charge in [0.15, 0.2) is 15.3 Å². The highest BCUT2D eigenvalue weighted by atomic mass is 35.5. The molecule has 0 aliphatic heterocycles. The van der Waals surface area contributed by atoms with Gasteiger partial charge in [-0.2, -0.15) is 0 Å². The van der Waals surface area contributed by atoms with Gasteiger partial charge in [0.25, 0.3) is 5.56 Å². The van der Waals surface area contributed by atoms with E-state index in [0.29, 0.717) is 21.7 Å². The van der Waals surface area contributed by atoms with Crippen molar-refractivity contribution in [2.75, 3.05) is 11.6 Å². The van der Waals surface area contributed by atoms with E-state index in [-0.39, 0.29) is 11.3 Å². The number of thioether (sulfide) groups is 1. The van der Waals surface area contributed by atoms with Crippen LogP contribution >= 0.6 is 34.7 Å². The van der Waals surface area contributed by atoms with E-state index in [1.54, 1.807) is 6.20 Å². The fourth-order valence-electron chi connectivity index (χ4n) is 1.98. The summed E-state index contributed by atoms with van der Waals surface area (Å²) in [6.45, 7) is 0.565. The number of aromatic nitrogens is 4. The summed E-state index contributed by atoms with van der Waals surface area (Å²) in [6, 6.07) is 7.47. The van der Waals surface area contributed by atoms with Crippen LogP contribution in [0.4, 0.5) is 5.69 Å². The largest absolute Gasteiger partial charge is 0.380 e. The van der Waals surface area contributed by atoms with Crippen molar-refractivity contribution >= 4 is 40.4 Å². The lowest BCUT2D eigenvalue weighted by Crippen LogP contribution is -2.15. The molecule has 3 rings (SSSR count). The molecule has 0 spiro atoms. The van der Waals surface area contributed by atoms with Crippen LogP contribution in [0.2, 0.25) is 4.47 Å². The molecule has 0 aliphatic carbocycles. The second-order valence-corrected chi connectivity index (χ2v) is 6.98. The minimum absolute atomic E-state index is 0.264. The number of hydrogen-bond donors (Lipinski definition) is 2. The third-order valence-corrected chi connectivity index (χ3v) is 4.72. The number of H-pyrrole nitrogens is 1. The molecular formula is C14H12ClN5OS2. The Morgan fingerprint density at radius 1 is 1.35 bits per heavy atom. The van der Waals surface area contributed by atoms with Gasteiger partial charge in [0.2, 0.25) is 0 Å². The molecular weight excluding hydrogens is 354 g/mol. The average molecular weight is 366 g/mol. The molecule has 3 aromatic rings. The smallest absolute Gasteiger partial charge is 0.278 e. The number of thiazole rings is 1. The van der Waals surface area contributed by atoms with Crippen LogP contribution < -0.4 is 10.9 Å². The van der Waals surface area contributed by atoms with Crippen LogP contribution in [-0.2, 0) is 6.54 Å². The number of anilines is 1. The zero-order valence-corrected chi connectivity index (χ0v) is 14.4. The second kappa shape index (κ2) is 7.12. The van der Waals surface area contributed by atoms with Crippen molar-refractivity contribution in [3.8, 4) is 11.3 Å². The van der Waals surface area contributed by atoms with Gasteiger partial charge in [0.1, 0.15) is 0 Å². The minimum atomic E-state index is -0.264. The van der Waals surface area contributed by atoms with Gasteiger partial charge >= 0.3 is 0 Å². The first-order valence-electron chi connectivity index (χ1n) is 6.62. The lowest BCUT2D eigenvalue weighted by atomic mass is 10.1. The summed E-state index contributed by atoms with van der Waals surface area (Å²) < 4.78 is 0.505. The third-order valence-electron chi connectivity index (χ3n) is 3.03. The van der Waals surface area contributed by atoms with Crippen LogP contribution in [0.1, 0.15) is 4.88 Å². The maximum atomic E-state index is 12.2. The Morgan fingerprint density at radius 2 is 2.17 bits per heavy atom. The molecule has 23 heavy (non-hydrogen) atoms. The number of nitrogens with one attached hydrogen (secondary N) is 2. The molecule has 2 N–H and O–H groups in total. The molecule has 0 saturated heterocycles. The molecule has 0 fully saturated rings. The summed E-state index contributed by atoms with van der Waals surface area (Å²) in [6.07, 6.45) is 3.55. The molecule has 9 heteroatoms. The van der Waals surface area contributed by atoms with Crippen LogP contribution in [0.5, 0.6) is 0 Å². The Balaban J connectivity index is 1.90. The van der Waals surface area contributed by atoms with E-state index in [1.807, 2.05) is 30.5 Å². The molecule has 0 aliphatic rings. The van der Waals surface area contributed by atoms with Crippen molar-refractivity contribution in [1.29, 1.82) is 0 Å². The highest BCUT2D eigenvalue weighted by Crippen LogP contribution is 2.25. The predicted octanol–water partition coefficient (Wildman–Crippen LogP) is 3.28. The number of rotatable bonds is 5. The molecule has 0 bridgehead atoms. The lowest BCUT2D eigenvalue weighted by Gasteiger charge is -2.10. The van der Waals surface area contributed by atoms with Gasteiger partial charge in [-0.1, -0.05) is 41.6 Å². The van der Waals surface area contributed by atoms with Gasteiger partial charge < -0.3 is 5.32 Å². The van der Waals surface area contributed by atoms with E-state index in [9.17, 15) is 4.79 Å². The fraction of sp³-hybridized carbons (Fsp3) is 0.143. The Hall–Kier alpha value is -1.90. The number of nitrogens with zero attached hydrogens (tertiary/aromatic N) is 3. The summed E-state index contributed by atoms with van der Waals surface area (Å²) >= 11 is 8.58. The zero-order valence-electron chi connectivity index (χ0n) is 12.0. The molecule has 0 atom stereocenters. The van der Waals surface area contributed by atoms with Crippen LogP contribution in [-0.4, -0.2) is 26.4 Å². The Morgan fingerprint density at radius 3 is 2.87 bits per heavy atom. The van der Waals surface area contributed by atoms with Crippen molar-refractivity contribution in [2.24, 2.45) is 0 Å². The Kier molecular flexibility index (Phi) is 4.94. The molecule has 6 nitrogen and oxygen atoms in total. The maximum Gasteiger partial charge on any atom is 0.278 e. The van der Waals surface area contributed by atoms with Crippen LogP contribution in [0.3, 0.4) is 0 Å². The first-order valence-corrected chi connectivity index (χ1v) is 9.04. The number of para-hydroxylation sites is 1. The average Bonchev–Trinajstić information content (AvgIpc) is 2.98. The van der Waals surface area contributed by atoms with Gasteiger partial charge in [-0.25, -0.2) is 4.98 Å². The monoisotopic (exact) mass is 365 g/mol. The zero-order chi connectivity index (χ0) is 16.2. The van der Waals surface area contributed by atoms with Gasteiger partial charge in [-0.15, -0.1) is 21.5 Å². The summed E-state index contributed by atoms with van der Waals surface area (Å²) in [5, 5.41) is 11.8. The number of hydrogen-bond acceptors (Lipinski definition) is 7. The Bertz CT molecular complexity index is 879. The van der Waals surface area contributed by atoms with Crippen LogP contribution in [0.15, 0.2) is 40.4 Å². The molecule has 0 amide bonds. The number of benzene rings is 1. The lowest BCUT2D eigenvalue weighted by molar-refractivity contribution is 0.826. The van der Waals surface area contributed by atoms with E-state index in [1.165, 1.54) is 23.1 Å². The molecule has 118 valence electrons. The highest BCUT2D eigenvalue weighted by Gasteiger charge is 2.12. The van der Waals surface area contributed by atoms with Crippen LogP contribution in [0, 0.1) is 0 Å². The van der Waals surface area contributed by atoms with E-state index in [0.717, 1.165) is 10.6 Å². The molecule has 0 radical (unpaired) electrons. The van der Waals surface area contributed by atoms with Crippen LogP contribution in [0.25, 0.3) is 11.3 Å². The molecule has 0 unspecified atom stereocenters. The third kappa shape index (κ3) is 3.72. The first kappa shape index (κ1) is 16.0. The summed E-state index contributed by atoms with van der Waals surface area (Å²) in [5.41, 5.74) is 1.52. The van der Waals surface area contributed by atoms with Crippen molar-refractivity contribution < 1.29 is 0 Å². The van der Waals surface area contributed by atoms with Gasteiger partial charge in [-0.3, -0.25) is 9.78 Å². The Labute approximate surface area is 145 Å². The highest BCUT2D eigenvalue weighted by molar-refractivity contribution is 7.98. The fourth-order valence-corrected chi connectivity index (χ4v) is 3.22. The van der Waals surface area contributed by atoms with E-state index in [2.05, 4.69) is 25.5 Å².